The molecule has 0 atom stereocenters. The van der Waals surface area contributed by atoms with Crippen molar-refractivity contribution in [1.82, 2.24) is 19.6 Å². The van der Waals surface area contributed by atoms with Crippen LogP contribution in [0.25, 0.3) is 17.3 Å². The van der Waals surface area contributed by atoms with E-state index in [1.165, 1.54) is 5.56 Å². The quantitative estimate of drug-likeness (QED) is 0.612. The number of rotatable bonds is 5. The molecule has 4 rings (SSSR count). The van der Waals surface area contributed by atoms with E-state index >= 15 is 0 Å². The van der Waals surface area contributed by atoms with Crippen molar-refractivity contribution in [3.05, 3.63) is 84.1 Å². The Morgan fingerprint density at radius 3 is 2.47 bits per heavy atom. The molecule has 0 bridgehead atoms. The van der Waals surface area contributed by atoms with E-state index in [1.54, 1.807) is 6.08 Å². The Hall–Kier alpha value is -3.18. The standard InChI is InChI=1S/C25H28N4O/c1-27-15-8-16-28(18-17-27)24(30)14-13-23-20-29(19-21-9-4-2-5-10-21)26-25(23)22-11-6-3-7-12-22/h2-7,9-14,20H,8,15-19H2,1H3/b14-13+. The summed E-state index contributed by atoms with van der Waals surface area (Å²) in [6.45, 7) is 4.24. The zero-order valence-electron chi connectivity index (χ0n) is 17.4. The Balaban J connectivity index is 1.57. The average molecular weight is 401 g/mol. The monoisotopic (exact) mass is 400 g/mol. The third-order valence-electron chi connectivity index (χ3n) is 5.46. The molecule has 0 spiro atoms. The van der Waals surface area contributed by atoms with Gasteiger partial charge in [0.1, 0.15) is 0 Å². The largest absolute Gasteiger partial charge is 0.338 e. The summed E-state index contributed by atoms with van der Waals surface area (Å²) in [7, 11) is 2.11. The number of nitrogens with zero attached hydrogens (tertiary/aromatic N) is 4. The summed E-state index contributed by atoms with van der Waals surface area (Å²) in [4.78, 5) is 17.0. The highest BCUT2D eigenvalue weighted by molar-refractivity contribution is 5.92. The van der Waals surface area contributed by atoms with E-state index in [0.29, 0.717) is 6.54 Å². The molecule has 1 aliphatic heterocycles. The Bertz CT molecular complexity index is 995. The van der Waals surface area contributed by atoms with Crippen LogP contribution in [0.15, 0.2) is 72.9 Å². The number of carbonyl (C=O) groups excluding carboxylic acids is 1. The Labute approximate surface area is 178 Å². The number of hydrogen-bond acceptors (Lipinski definition) is 3. The third-order valence-corrected chi connectivity index (χ3v) is 5.46. The first-order chi connectivity index (χ1) is 14.7. The third kappa shape index (κ3) is 5.05. The molecule has 0 N–H and O–H groups in total. The summed E-state index contributed by atoms with van der Waals surface area (Å²) >= 11 is 0. The molecule has 154 valence electrons. The summed E-state index contributed by atoms with van der Waals surface area (Å²) in [5.41, 5.74) is 4.09. The van der Waals surface area contributed by atoms with Crippen LogP contribution in [0.2, 0.25) is 0 Å². The van der Waals surface area contributed by atoms with E-state index in [1.807, 2.05) is 58.3 Å². The first kappa shape index (κ1) is 20.1. The lowest BCUT2D eigenvalue weighted by atomic mass is 10.1. The SMILES string of the molecule is CN1CCCN(C(=O)/C=C/c2cn(Cc3ccccc3)nc2-c2ccccc2)CC1. The average Bonchev–Trinajstić information content (AvgIpc) is 3.04. The highest BCUT2D eigenvalue weighted by Gasteiger charge is 2.16. The van der Waals surface area contributed by atoms with Crippen LogP contribution in [0, 0.1) is 0 Å². The van der Waals surface area contributed by atoms with Crippen molar-refractivity contribution >= 4 is 12.0 Å². The van der Waals surface area contributed by atoms with Crippen LogP contribution in [0.4, 0.5) is 0 Å². The number of hydrogen-bond donors (Lipinski definition) is 0. The van der Waals surface area contributed by atoms with Gasteiger partial charge < -0.3 is 9.80 Å². The molecule has 30 heavy (non-hydrogen) atoms. The molecule has 0 unspecified atom stereocenters. The lowest BCUT2D eigenvalue weighted by Gasteiger charge is -2.18. The first-order valence-corrected chi connectivity index (χ1v) is 10.5. The van der Waals surface area contributed by atoms with Crippen LogP contribution in [-0.2, 0) is 11.3 Å². The summed E-state index contributed by atoms with van der Waals surface area (Å²) in [6, 6.07) is 20.4. The molecule has 3 aromatic rings. The summed E-state index contributed by atoms with van der Waals surface area (Å²) in [6.07, 6.45) is 6.64. The molecular formula is C25H28N4O. The highest BCUT2D eigenvalue weighted by atomic mass is 16.2. The molecule has 1 fully saturated rings. The molecule has 0 aliphatic carbocycles. The van der Waals surface area contributed by atoms with Gasteiger partial charge in [-0.3, -0.25) is 9.48 Å². The molecule has 1 aliphatic rings. The smallest absolute Gasteiger partial charge is 0.246 e. The van der Waals surface area contributed by atoms with Crippen molar-refractivity contribution < 1.29 is 4.79 Å². The molecule has 1 saturated heterocycles. The minimum Gasteiger partial charge on any atom is -0.338 e. The van der Waals surface area contributed by atoms with Crippen LogP contribution in [0.5, 0.6) is 0 Å². The van der Waals surface area contributed by atoms with Gasteiger partial charge in [0.25, 0.3) is 0 Å². The van der Waals surface area contributed by atoms with E-state index < -0.39 is 0 Å². The molecule has 0 saturated carbocycles. The second kappa shape index (κ2) is 9.55. The van der Waals surface area contributed by atoms with Gasteiger partial charge in [-0.25, -0.2) is 0 Å². The van der Waals surface area contributed by atoms with Crippen LogP contribution in [-0.4, -0.2) is 58.7 Å². The van der Waals surface area contributed by atoms with Crippen LogP contribution < -0.4 is 0 Å². The van der Waals surface area contributed by atoms with Crippen molar-refractivity contribution in [2.75, 3.05) is 33.2 Å². The van der Waals surface area contributed by atoms with Gasteiger partial charge in [0, 0.05) is 43.0 Å². The van der Waals surface area contributed by atoms with E-state index in [0.717, 1.165) is 49.4 Å². The zero-order chi connectivity index (χ0) is 20.8. The molecule has 5 nitrogen and oxygen atoms in total. The van der Waals surface area contributed by atoms with Gasteiger partial charge >= 0.3 is 0 Å². The van der Waals surface area contributed by atoms with Gasteiger partial charge in [0.2, 0.25) is 5.91 Å². The van der Waals surface area contributed by atoms with Gasteiger partial charge in [-0.05, 0) is 31.7 Å². The fraction of sp³-hybridized carbons (Fsp3) is 0.280. The van der Waals surface area contributed by atoms with Gasteiger partial charge in [-0.15, -0.1) is 0 Å². The van der Waals surface area contributed by atoms with Crippen molar-refractivity contribution in [3.63, 3.8) is 0 Å². The number of carbonyl (C=O) groups is 1. The predicted molar refractivity (Wildman–Crippen MR) is 121 cm³/mol. The molecule has 0 radical (unpaired) electrons. The Morgan fingerprint density at radius 1 is 0.967 bits per heavy atom. The maximum Gasteiger partial charge on any atom is 0.246 e. The Kier molecular flexibility index (Phi) is 6.40. The topological polar surface area (TPSA) is 41.4 Å². The van der Waals surface area contributed by atoms with Gasteiger partial charge in [-0.2, -0.15) is 5.10 Å². The fourth-order valence-electron chi connectivity index (χ4n) is 3.76. The maximum atomic E-state index is 12.8. The molecule has 2 heterocycles. The molecule has 2 aromatic carbocycles. The zero-order valence-corrected chi connectivity index (χ0v) is 17.4. The highest BCUT2D eigenvalue weighted by Crippen LogP contribution is 2.23. The van der Waals surface area contributed by atoms with Gasteiger partial charge in [0.15, 0.2) is 0 Å². The fourth-order valence-corrected chi connectivity index (χ4v) is 3.76. The van der Waals surface area contributed by atoms with Crippen molar-refractivity contribution in [2.24, 2.45) is 0 Å². The van der Waals surface area contributed by atoms with E-state index in [9.17, 15) is 4.79 Å². The van der Waals surface area contributed by atoms with Gasteiger partial charge in [-0.1, -0.05) is 60.7 Å². The minimum absolute atomic E-state index is 0.0696. The number of likely N-dealkylation sites (N-methyl/N-ethyl adjacent to an activating group) is 1. The van der Waals surface area contributed by atoms with Gasteiger partial charge in [0.05, 0.1) is 12.2 Å². The Morgan fingerprint density at radius 2 is 1.70 bits per heavy atom. The minimum atomic E-state index is 0.0696. The molecule has 1 amide bonds. The lowest BCUT2D eigenvalue weighted by molar-refractivity contribution is -0.125. The number of benzene rings is 2. The van der Waals surface area contributed by atoms with Crippen molar-refractivity contribution in [3.8, 4) is 11.3 Å². The maximum absolute atomic E-state index is 12.8. The first-order valence-electron chi connectivity index (χ1n) is 10.5. The van der Waals surface area contributed by atoms with Crippen LogP contribution in [0.1, 0.15) is 17.5 Å². The second-order valence-electron chi connectivity index (χ2n) is 7.80. The predicted octanol–water partition coefficient (Wildman–Crippen LogP) is 3.78. The molecular weight excluding hydrogens is 372 g/mol. The summed E-state index contributed by atoms with van der Waals surface area (Å²) in [5, 5.41) is 4.82. The molecule has 1 aromatic heterocycles. The van der Waals surface area contributed by atoms with E-state index in [2.05, 4.69) is 36.2 Å². The van der Waals surface area contributed by atoms with Crippen molar-refractivity contribution in [2.45, 2.75) is 13.0 Å². The van der Waals surface area contributed by atoms with Crippen LogP contribution >= 0.6 is 0 Å². The number of amides is 1. The van der Waals surface area contributed by atoms with Crippen molar-refractivity contribution in [1.29, 1.82) is 0 Å². The normalized spacial score (nSPS) is 15.4. The summed E-state index contributed by atoms with van der Waals surface area (Å²) < 4.78 is 1.95. The van der Waals surface area contributed by atoms with E-state index in [-0.39, 0.29) is 5.91 Å². The van der Waals surface area contributed by atoms with Crippen LogP contribution in [0.3, 0.4) is 0 Å². The summed E-state index contributed by atoms with van der Waals surface area (Å²) in [5.74, 6) is 0.0696. The second-order valence-corrected chi connectivity index (χ2v) is 7.80. The lowest BCUT2D eigenvalue weighted by Crippen LogP contribution is -2.33. The molecule has 5 heteroatoms. The van der Waals surface area contributed by atoms with E-state index in [4.69, 9.17) is 5.10 Å². The number of aromatic nitrogens is 2.